The van der Waals surface area contributed by atoms with Crippen LogP contribution in [0.4, 0.5) is 0 Å². The summed E-state index contributed by atoms with van der Waals surface area (Å²) in [6.07, 6.45) is 0. The molecule has 0 unspecified atom stereocenters. The Morgan fingerprint density at radius 2 is 1.84 bits per heavy atom. The molecular formula is C14H18BrNO3. The average Bonchev–Trinajstić information content (AvgIpc) is 2.44. The number of carbonyl (C=O) groups excluding carboxylic acids is 2. The van der Waals surface area contributed by atoms with Gasteiger partial charge in [-0.25, -0.2) is 0 Å². The van der Waals surface area contributed by atoms with Gasteiger partial charge in [0, 0.05) is 17.4 Å². The maximum absolute atomic E-state index is 12.2. The number of rotatable bonds is 6. The molecule has 0 radical (unpaired) electrons. The summed E-state index contributed by atoms with van der Waals surface area (Å²) in [5.41, 5.74) is 1.68. The van der Waals surface area contributed by atoms with Gasteiger partial charge >= 0.3 is 5.97 Å². The van der Waals surface area contributed by atoms with Gasteiger partial charge in [0.25, 0.3) is 5.91 Å². The van der Waals surface area contributed by atoms with E-state index < -0.39 is 0 Å². The lowest BCUT2D eigenvalue weighted by molar-refractivity contribution is -0.143. The molecule has 4 nitrogen and oxygen atoms in total. The van der Waals surface area contributed by atoms with Crippen LogP contribution < -0.4 is 0 Å². The zero-order valence-corrected chi connectivity index (χ0v) is 12.8. The lowest BCUT2D eigenvalue weighted by atomic mass is 10.1. The number of likely N-dealkylation sites (N-methyl/N-ethyl adjacent to an activating group) is 1. The average molecular weight is 328 g/mol. The summed E-state index contributed by atoms with van der Waals surface area (Å²) >= 11 is 3.36. The highest BCUT2D eigenvalue weighted by Gasteiger charge is 2.17. The first kappa shape index (κ1) is 15.7. The smallest absolute Gasteiger partial charge is 0.325 e. The van der Waals surface area contributed by atoms with Crippen LogP contribution in [0.5, 0.6) is 0 Å². The van der Waals surface area contributed by atoms with E-state index in [1.54, 1.807) is 19.1 Å². The fraction of sp³-hybridized carbons (Fsp3) is 0.429. The van der Waals surface area contributed by atoms with Gasteiger partial charge in [-0.3, -0.25) is 9.59 Å². The maximum atomic E-state index is 12.2. The minimum absolute atomic E-state index is 0.0105. The van der Waals surface area contributed by atoms with E-state index in [-0.39, 0.29) is 18.4 Å². The molecule has 0 heterocycles. The molecule has 0 aliphatic rings. The van der Waals surface area contributed by atoms with E-state index in [2.05, 4.69) is 15.9 Å². The molecule has 0 saturated heterocycles. The topological polar surface area (TPSA) is 46.6 Å². The van der Waals surface area contributed by atoms with Crippen molar-refractivity contribution >= 4 is 27.8 Å². The number of halogens is 1. The van der Waals surface area contributed by atoms with Crippen LogP contribution >= 0.6 is 15.9 Å². The van der Waals surface area contributed by atoms with Gasteiger partial charge in [-0.1, -0.05) is 28.1 Å². The van der Waals surface area contributed by atoms with Crippen molar-refractivity contribution in [1.29, 1.82) is 0 Å². The maximum Gasteiger partial charge on any atom is 0.325 e. The highest BCUT2D eigenvalue weighted by Crippen LogP contribution is 2.10. The van der Waals surface area contributed by atoms with Crippen molar-refractivity contribution in [3.63, 3.8) is 0 Å². The number of esters is 1. The van der Waals surface area contributed by atoms with Crippen molar-refractivity contribution in [3.05, 3.63) is 35.4 Å². The van der Waals surface area contributed by atoms with E-state index >= 15 is 0 Å². The first-order valence-corrected chi connectivity index (χ1v) is 7.34. The summed E-state index contributed by atoms with van der Waals surface area (Å²) in [7, 11) is 0. The molecule has 0 fully saturated rings. The second-order valence-corrected chi connectivity index (χ2v) is 4.52. The Morgan fingerprint density at radius 3 is 2.32 bits per heavy atom. The lowest BCUT2D eigenvalue weighted by Gasteiger charge is -2.19. The van der Waals surface area contributed by atoms with Crippen LogP contribution in [0.3, 0.4) is 0 Å². The lowest BCUT2D eigenvalue weighted by Crippen LogP contribution is -2.36. The van der Waals surface area contributed by atoms with Gasteiger partial charge in [0.1, 0.15) is 6.54 Å². The molecule has 5 heteroatoms. The molecule has 1 aromatic rings. The molecule has 1 amide bonds. The third kappa shape index (κ3) is 4.67. The van der Waals surface area contributed by atoms with Crippen molar-refractivity contribution in [2.45, 2.75) is 19.2 Å². The molecule has 0 saturated carbocycles. The first-order chi connectivity index (χ1) is 9.12. The summed E-state index contributed by atoms with van der Waals surface area (Å²) < 4.78 is 4.86. The largest absolute Gasteiger partial charge is 0.465 e. The van der Waals surface area contributed by atoms with Crippen LogP contribution in [0.15, 0.2) is 24.3 Å². The third-order valence-electron chi connectivity index (χ3n) is 2.65. The number of ether oxygens (including phenoxy) is 1. The molecule has 19 heavy (non-hydrogen) atoms. The molecule has 0 N–H and O–H groups in total. The number of nitrogens with zero attached hydrogens (tertiary/aromatic N) is 1. The molecule has 0 aromatic heterocycles. The molecule has 0 aliphatic carbocycles. The predicted molar refractivity (Wildman–Crippen MR) is 77.3 cm³/mol. The van der Waals surface area contributed by atoms with Crippen molar-refractivity contribution in [2.75, 3.05) is 19.7 Å². The Morgan fingerprint density at radius 1 is 1.21 bits per heavy atom. The summed E-state index contributed by atoms with van der Waals surface area (Å²) in [5.74, 6) is -0.536. The SMILES string of the molecule is CCOC(=O)CN(CC)C(=O)c1ccc(CBr)cc1. The van der Waals surface area contributed by atoms with Crippen LogP contribution in [-0.2, 0) is 14.9 Å². The second-order valence-electron chi connectivity index (χ2n) is 3.95. The molecule has 0 atom stereocenters. The number of alkyl halides is 1. The van der Waals surface area contributed by atoms with Gasteiger partial charge in [-0.2, -0.15) is 0 Å². The van der Waals surface area contributed by atoms with E-state index in [1.165, 1.54) is 4.90 Å². The number of hydrogen-bond acceptors (Lipinski definition) is 3. The molecule has 1 aromatic carbocycles. The fourth-order valence-electron chi connectivity index (χ4n) is 1.61. The zero-order chi connectivity index (χ0) is 14.3. The van der Waals surface area contributed by atoms with Crippen molar-refractivity contribution < 1.29 is 14.3 Å². The van der Waals surface area contributed by atoms with Crippen molar-refractivity contribution in [1.82, 2.24) is 4.90 Å². The minimum Gasteiger partial charge on any atom is -0.465 e. The van der Waals surface area contributed by atoms with E-state index in [4.69, 9.17) is 4.74 Å². The quantitative estimate of drug-likeness (QED) is 0.596. The van der Waals surface area contributed by atoms with Crippen LogP contribution in [0.25, 0.3) is 0 Å². The fourth-order valence-corrected chi connectivity index (χ4v) is 1.98. The Bertz CT molecular complexity index is 431. The van der Waals surface area contributed by atoms with Crippen molar-refractivity contribution in [2.24, 2.45) is 0 Å². The minimum atomic E-state index is -0.380. The van der Waals surface area contributed by atoms with E-state index in [1.807, 2.05) is 19.1 Å². The summed E-state index contributed by atoms with van der Waals surface area (Å²) in [4.78, 5) is 25.1. The van der Waals surface area contributed by atoms with Gasteiger partial charge in [0.05, 0.1) is 6.61 Å². The Balaban J connectivity index is 2.74. The Kier molecular flexibility index (Phi) is 6.56. The third-order valence-corrected chi connectivity index (χ3v) is 3.30. The first-order valence-electron chi connectivity index (χ1n) is 6.22. The highest BCUT2D eigenvalue weighted by molar-refractivity contribution is 9.08. The normalized spacial score (nSPS) is 10.1. The van der Waals surface area contributed by atoms with Gasteiger partial charge in [0.15, 0.2) is 0 Å². The van der Waals surface area contributed by atoms with Gasteiger partial charge in [0.2, 0.25) is 0 Å². The molecule has 1 rings (SSSR count). The van der Waals surface area contributed by atoms with Crippen LogP contribution in [-0.4, -0.2) is 36.5 Å². The summed E-state index contributed by atoms with van der Waals surface area (Å²) in [5, 5.41) is 0.752. The summed E-state index contributed by atoms with van der Waals surface area (Å²) in [6.45, 7) is 4.37. The molecule has 104 valence electrons. The number of carbonyl (C=O) groups is 2. The van der Waals surface area contributed by atoms with E-state index in [0.29, 0.717) is 18.7 Å². The Hall–Kier alpha value is -1.36. The van der Waals surface area contributed by atoms with Gasteiger partial charge in [-0.15, -0.1) is 0 Å². The van der Waals surface area contributed by atoms with Crippen LogP contribution in [0, 0.1) is 0 Å². The standard InChI is InChI=1S/C14H18BrNO3/c1-3-16(10-13(17)19-4-2)14(18)12-7-5-11(9-15)6-8-12/h5-8H,3-4,9-10H2,1-2H3. The number of benzene rings is 1. The summed E-state index contributed by atoms with van der Waals surface area (Å²) in [6, 6.07) is 7.32. The van der Waals surface area contributed by atoms with Crippen LogP contribution in [0.2, 0.25) is 0 Å². The van der Waals surface area contributed by atoms with E-state index in [0.717, 1.165) is 10.9 Å². The van der Waals surface area contributed by atoms with Gasteiger partial charge in [-0.05, 0) is 31.5 Å². The van der Waals surface area contributed by atoms with E-state index in [9.17, 15) is 9.59 Å². The monoisotopic (exact) mass is 327 g/mol. The van der Waals surface area contributed by atoms with Gasteiger partial charge < -0.3 is 9.64 Å². The zero-order valence-electron chi connectivity index (χ0n) is 11.2. The van der Waals surface area contributed by atoms with Crippen LogP contribution in [0.1, 0.15) is 29.8 Å². The van der Waals surface area contributed by atoms with Crippen molar-refractivity contribution in [3.8, 4) is 0 Å². The molecule has 0 aliphatic heterocycles. The predicted octanol–water partition coefficient (Wildman–Crippen LogP) is 2.61. The highest BCUT2D eigenvalue weighted by atomic mass is 79.9. The number of amides is 1. The molecule has 0 spiro atoms. The number of hydrogen-bond donors (Lipinski definition) is 0. The second kappa shape index (κ2) is 7.94. The molecule has 0 bridgehead atoms. The molecular weight excluding hydrogens is 310 g/mol. The Labute approximate surface area is 121 Å².